The zero-order chi connectivity index (χ0) is 13.6. The van der Waals surface area contributed by atoms with E-state index in [-0.39, 0.29) is 0 Å². The van der Waals surface area contributed by atoms with Crippen LogP contribution in [0.3, 0.4) is 0 Å². The summed E-state index contributed by atoms with van der Waals surface area (Å²) in [7, 11) is 0. The molecule has 2 rings (SSSR count). The molecule has 0 bridgehead atoms. The highest BCUT2D eigenvalue weighted by atomic mass is 32.1. The quantitative estimate of drug-likeness (QED) is 0.807. The summed E-state index contributed by atoms with van der Waals surface area (Å²) in [5, 5.41) is 10.5. The highest BCUT2D eigenvalue weighted by Gasteiger charge is 2.30. The first-order valence-electron chi connectivity index (χ1n) is 7.56. The van der Waals surface area contributed by atoms with Crippen molar-refractivity contribution in [3.8, 4) is 0 Å². The van der Waals surface area contributed by atoms with Crippen LogP contribution in [0.4, 0.5) is 0 Å². The van der Waals surface area contributed by atoms with Crippen molar-refractivity contribution in [2.75, 3.05) is 26.2 Å². The molecule has 1 atom stereocenters. The minimum Gasteiger partial charge on any atom is -0.317 e. The summed E-state index contributed by atoms with van der Waals surface area (Å²) < 4.78 is 0. The fourth-order valence-corrected chi connectivity index (χ4v) is 3.82. The third-order valence-electron chi connectivity index (χ3n) is 4.27. The molecule has 0 radical (unpaired) electrons. The van der Waals surface area contributed by atoms with Crippen molar-refractivity contribution in [2.24, 2.45) is 5.41 Å². The van der Waals surface area contributed by atoms with Gasteiger partial charge in [-0.3, -0.25) is 0 Å². The molecule has 2 heterocycles. The van der Waals surface area contributed by atoms with E-state index in [2.05, 4.69) is 34.8 Å². The smallest absolute Gasteiger partial charge is 0.0965 e. The molecule has 0 amide bonds. The van der Waals surface area contributed by atoms with Gasteiger partial charge in [0, 0.05) is 30.6 Å². The molecule has 1 unspecified atom stereocenters. The molecular weight excluding hydrogens is 254 g/mol. The van der Waals surface area contributed by atoms with Gasteiger partial charge >= 0.3 is 0 Å². The average molecular weight is 281 g/mol. The number of thiazole rings is 1. The first kappa shape index (κ1) is 14.9. The SMILES string of the molecule is CCCC1(CNCC(C)c2nccs2)CCNCC1. The number of nitrogens with one attached hydrogen (secondary N) is 2. The molecule has 2 N–H and O–H groups in total. The molecule has 108 valence electrons. The topological polar surface area (TPSA) is 37.0 Å². The Kier molecular flexibility index (Phi) is 5.79. The third-order valence-corrected chi connectivity index (χ3v) is 5.28. The Hall–Kier alpha value is -0.450. The summed E-state index contributed by atoms with van der Waals surface area (Å²) in [6.07, 6.45) is 7.19. The van der Waals surface area contributed by atoms with Gasteiger partial charge in [-0.05, 0) is 37.8 Å². The minimum atomic E-state index is 0.528. The molecular formula is C15H27N3S. The van der Waals surface area contributed by atoms with E-state index < -0.39 is 0 Å². The number of rotatable bonds is 7. The summed E-state index contributed by atoms with van der Waals surface area (Å²) in [6, 6.07) is 0. The summed E-state index contributed by atoms with van der Waals surface area (Å²) in [5.74, 6) is 0.528. The maximum absolute atomic E-state index is 4.40. The fraction of sp³-hybridized carbons (Fsp3) is 0.800. The van der Waals surface area contributed by atoms with Gasteiger partial charge in [0.15, 0.2) is 0 Å². The molecule has 1 aromatic heterocycles. The molecule has 19 heavy (non-hydrogen) atoms. The lowest BCUT2D eigenvalue weighted by Gasteiger charge is -2.38. The Morgan fingerprint density at radius 3 is 2.89 bits per heavy atom. The van der Waals surface area contributed by atoms with E-state index in [0.29, 0.717) is 11.3 Å². The number of hydrogen-bond acceptors (Lipinski definition) is 4. The lowest BCUT2D eigenvalue weighted by Crippen LogP contribution is -2.43. The Morgan fingerprint density at radius 1 is 1.47 bits per heavy atom. The molecule has 4 heteroatoms. The highest BCUT2D eigenvalue weighted by Crippen LogP contribution is 2.33. The van der Waals surface area contributed by atoms with Crippen LogP contribution in [-0.4, -0.2) is 31.2 Å². The average Bonchev–Trinajstić information content (AvgIpc) is 2.94. The van der Waals surface area contributed by atoms with E-state index >= 15 is 0 Å². The number of nitrogens with zero attached hydrogens (tertiary/aromatic N) is 1. The molecule has 0 aromatic carbocycles. The zero-order valence-electron chi connectivity index (χ0n) is 12.2. The summed E-state index contributed by atoms with van der Waals surface area (Å²) >= 11 is 1.77. The van der Waals surface area contributed by atoms with Gasteiger partial charge in [0.25, 0.3) is 0 Å². The Balaban J connectivity index is 1.79. The Morgan fingerprint density at radius 2 is 2.26 bits per heavy atom. The minimum absolute atomic E-state index is 0.528. The van der Waals surface area contributed by atoms with Crippen molar-refractivity contribution >= 4 is 11.3 Å². The molecule has 1 aromatic rings. The number of hydrogen-bond donors (Lipinski definition) is 2. The van der Waals surface area contributed by atoms with Gasteiger partial charge in [0.05, 0.1) is 5.01 Å². The normalized spacial score (nSPS) is 20.3. The predicted molar refractivity (Wildman–Crippen MR) is 82.8 cm³/mol. The van der Waals surface area contributed by atoms with Crippen molar-refractivity contribution in [1.29, 1.82) is 0 Å². The summed E-state index contributed by atoms with van der Waals surface area (Å²) in [5.41, 5.74) is 0.530. The second-order valence-corrected chi connectivity index (χ2v) is 6.83. The van der Waals surface area contributed by atoms with E-state index in [1.165, 1.54) is 43.8 Å². The second kappa shape index (κ2) is 7.36. The molecule has 1 saturated heterocycles. The lowest BCUT2D eigenvalue weighted by atomic mass is 9.75. The Bertz CT molecular complexity index is 339. The standard InChI is InChI=1S/C15H27N3S/c1-3-4-15(5-7-16-8-6-15)12-17-11-13(2)14-18-9-10-19-14/h9-10,13,16-17H,3-8,11-12H2,1-2H3. The first-order chi connectivity index (χ1) is 9.26. The van der Waals surface area contributed by atoms with Gasteiger partial charge in [-0.25, -0.2) is 4.98 Å². The van der Waals surface area contributed by atoms with Crippen LogP contribution in [0.5, 0.6) is 0 Å². The van der Waals surface area contributed by atoms with Crippen LogP contribution < -0.4 is 10.6 Å². The second-order valence-electron chi connectivity index (χ2n) is 5.90. The summed E-state index contributed by atoms with van der Waals surface area (Å²) in [6.45, 7) is 9.15. The van der Waals surface area contributed by atoms with Gasteiger partial charge in [-0.15, -0.1) is 11.3 Å². The van der Waals surface area contributed by atoms with Crippen LogP contribution in [0.15, 0.2) is 11.6 Å². The van der Waals surface area contributed by atoms with Crippen molar-refractivity contribution in [2.45, 2.75) is 45.4 Å². The maximum Gasteiger partial charge on any atom is 0.0965 e. The van der Waals surface area contributed by atoms with Crippen LogP contribution in [0.1, 0.15) is 50.5 Å². The molecule has 1 fully saturated rings. The maximum atomic E-state index is 4.40. The first-order valence-corrected chi connectivity index (χ1v) is 8.44. The lowest BCUT2D eigenvalue weighted by molar-refractivity contribution is 0.176. The van der Waals surface area contributed by atoms with Gasteiger partial charge in [0.1, 0.15) is 0 Å². The van der Waals surface area contributed by atoms with Crippen LogP contribution >= 0.6 is 11.3 Å². The van der Waals surface area contributed by atoms with Crippen molar-refractivity contribution in [3.05, 3.63) is 16.6 Å². The number of aromatic nitrogens is 1. The molecule has 0 spiro atoms. The van der Waals surface area contributed by atoms with E-state index in [1.807, 2.05) is 6.20 Å². The van der Waals surface area contributed by atoms with Gasteiger partial charge in [-0.2, -0.15) is 0 Å². The van der Waals surface area contributed by atoms with Crippen molar-refractivity contribution < 1.29 is 0 Å². The molecule has 0 saturated carbocycles. The van der Waals surface area contributed by atoms with Crippen LogP contribution in [0.2, 0.25) is 0 Å². The largest absolute Gasteiger partial charge is 0.317 e. The van der Waals surface area contributed by atoms with Gasteiger partial charge in [0.2, 0.25) is 0 Å². The molecule has 1 aliphatic heterocycles. The van der Waals surface area contributed by atoms with Crippen molar-refractivity contribution in [1.82, 2.24) is 15.6 Å². The molecule has 1 aliphatic rings. The fourth-order valence-electron chi connectivity index (χ4n) is 3.12. The highest BCUT2D eigenvalue weighted by molar-refractivity contribution is 7.09. The van der Waals surface area contributed by atoms with Crippen molar-refractivity contribution in [3.63, 3.8) is 0 Å². The van der Waals surface area contributed by atoms with E-state index in [9.17, 15) is 0 Å². The van der Waals surface area contributed by atoms with Gasteiger partial charge < -0.3 is 10.6 Å². The van der Waals surface area contributed by atoms with Gasteiger partial charge in [-0.1, -0.05) is 20.3 Å². The van der Waals surface area contributed by atoms with Crippen LogP contribution in [0.25, 0.3) is 0 Å². The van der Waals surface area contributed by atoms with Crippen LogP contribution in [0, 0.1) is 5.41 Å². The molecule has 0 aliphatic carbocycles. The predicted octanol–water partition coefficient (Wildman–Crippen LogP) is 3.01. The third kappa shape index (κ3) is 4.26. The Labute approximate surface area is 121 Å². The van der Waals surface area contributed by atoms with E-state index in [0.717, 1.165) is 13.1 Å². The summed E-state index contributed by atoms with van der Waals surface area (Å²) in [4.78, 5) is 4.40. The van der Waals surface area contributed by atoms with E-state index in [4.69, 9.17) is 0 Å². The van der Waals surface area contributed by atoms with E-state index in [1.54, 1.807) is 11.3 Å². The molecule has 3 nitrogen and oxygen atoms in total. The van der Waals surface area contributed by atoms with Crippen LogP contribution in [-0.2, 0) is 0 Å². The monoisotopic (exact) mass is 281 g/mol. The number of piperidine rings is 1. The zero-order valence-corrected chi connectivity index (χ0v) is 13.1.